The Bertz CT molecular complexity index is 938. The largest absolute Gasteiger partial charge is 0.347 e. The summed E-state index contributed by atoms with van der Waals surface area (Å²) in [5.41, 5.74) is 4.38. The lowest BCUT2D eigenvalue weighted by Gasteiger charge is -2.59. The van der Waals surface area contributed by atoms with Crippen LogP contribution in [0.2, 0.25) is 0 Å². The first kappa shape index (κ1) is 19.0. The van der Waals surface area contributed by atoms with E-state index in [4.69, 9.17) is 9.47 Å². The fraction of sp³-hybridized carbons (Fsp3) is 0.593. The maximum Gasteiger partial charge on any atom is 0.172 e. The van der Waals surface area contributed by atoms with Gasteiger partial charge in [0, 0.05) is 18.3 Å². The summed E-state index contributed by atoms with van der Waals surface area (Å²) < 4.78 is 12.4. The normalized spacial score (nSPS) is 41.7. The SMILES string of the molecule is CC12CCC3C(CC(c4ccccc4)=C4CC5(CCC43C)OCCO5)C1C=CC2=O. The van der Waals surface area contributed by atoms with E-state index in [0.29, 0.717) is 36.8 Å². The van der Waals surface area contributed by atoms with Crippen molar-refractivity contribution in [2.45, 2.75) is 58.2 Å². The Balaban J connectivity index is 1.49. The number of fused-ring (bicyclic) bond motifs is 5. The van der Waals surface area contributed by atoms with Gasteiger partial charge in [0.05, 0.1) is 13.2 Å². The van der Waals surface area contributed by atoms with Crippen molar-refractivity contribution < 1.29 is 14.3 Å². The Morgan fingerprint density at radius 2 is 1.73 bits per heavy atom. The summed E-state index contributed by atoms with van der Waals surface area (Å²) in [5, 5.41) is 0. The molecular formula is C27H32O3. The molecule has 0 radical (unpaired) electrons. The summed E-state index contributed by atoms with van der Waals surface area (Å²) in [6.07, 6.45) is 10.4. The minimum Gasteiger partial charge on any atom is -0.347 e. The van der Waals surface area contributed by atoms with Crippen LogP contribution in [0.4, 0.5) is 0 Å². The maximum atomic E-state index is 12.8. The Morgan fingerprint density at radius 3 is 2.50 bits per heavy atom. The van der Waals surface area contributed by atoms with Crippen LogP contribution in [-0.4, -0.2) is 24.8 Å². The summed E-state index contributed by atoms with van der Waals surface area (Å²) in [6.45, 7) is 6.15. The van der Waals surface area contributed by atoms with Gasteiger partial charge in [-0.05, 0) is 66.1 Å². The Labute approximate surface area is 179 Å². The third-order valence-corrected chi connectivity index (χ3v) is 9.43. The molecule has 1 spiro atoms. The molecule has 0 N–H and O–H groups in total. The van der Waals surface area contributed by atoms with Crippen molar-refractivity contribution in [3.8, 4) is 0 Å². The predicted molar refractivity (Wildman–Crippen MR) is 117 cm³/mol. The topological polar surface area (TPSA) is 35.5 Å². The lowest BCUT2D eigenvalue weighted by Crippen LogP contribution is -2.53. The van der Waals surface area contributed by atoms with Gasteiger partial charge in [0.2, 0.25) is 0 Å². The number of rotatable bonds is 1. The van der Waals surface area contributed by atoms with E-state index in [2.05, 4.69) is 50.3 Å². The summed E-state index contributed by atoms with van der Waals surface area (Å²) in [4.78, 5) is 12.8. The van der Waals surface area contributed by atoms with Gasteiger partial charge in [0.1, 0.15) is 0 Å². The number of ketones is 1. The molecule has 3 fully saturated rings. The van der Waals surface area contributed by atoms with Crippen molar-refractivity contribution in [1.29, 1.82) is 0 Å². The van der Waals surface area contributed by atoms with Crippen LogP contribution >= 0.6 is 0 Å². The van der Waals surface area contributed by atoms with Crippen LogP contribution in [0.15, 0.2) is 48.1 Å². The van der Waals surface area contributed by atoms with E-state index in [0.717, 1.165) is 38.5 Å². The number of hydrogen-bond donors (Lipinski definition) is 0. The summed E-state index contributed by atoms with van der Waals surface area (Å²) in [7, 11) is 0. The third kappa shape index (κ3) is 2.48. The van der Waals surface area contributed by atoms with E-state index < -0.39 is 5.79 Å². The summed E-state index contributed by atoms with van der Waals surface area (Å²) in [5.74, 6) is 1.48. The van der Waals surface area contributed by atoms with Gasteiger partial charge in [-0.15, -0.1) is 0 Å². The molecule has 1 heterocycles. The van der Waals surface area contributed by atoms with Crippen LogP contribution < -0.4 is 0 Å². The minimum atomic E-state index is -0.409. The predicted octanol–water partition coefficient (Wildman–Crippen LogP) is 5.56. The molecule has 6 rings (SSSR count). The van der Waals surface area contributed by atoms with Crippen LogP contribution in [0.1, 0.15) is 57.9 Å². The molecule has 1 aromatic rings. The standard InChI is InChI=1S/C27H32O3/c1-25-12-13-27(29-14-15-30-27)17-23(25)19(18-6-4-3-5-7-18)16-20-21-8-9-24(28)26(21,2)11-10-22(20)25/h3-9,20-22H,10-17H2,1-2H3. The zero-order chi connectivity index (χ0) is 20.6. The third-order valence-electron chi connectivity index (χ3n) is 9.43. The smallest absolute Gasteiger partial charge is 0.172 e. The monoisotopic (exact) mass is 404 g/mol. The molecule has 5 atom stereocenters. The van der Waals surface area contributed by atoms with E-state index in [1.807, 2.05) is 6.08 Å². The fourth-order valence-corrected chi connectivity index (χ4v) is 7.70. The van der Waals surface area contributed by atoms with Crippen molar-refractivity contribution in [2.75, 3.05) is 13.2 Å². The zero-order valence-corrected chi connectivity index (χ0v) is 18.2. The number of carbonyl (C=O) groups excluding carboxylic acids is 1. The molecule has 158 valence electrons. The molecule has 2 saturated carbocycles. The van der Waals surface area contributed by atoms with Gasteiger partial charge in [-0.1, -0.05) is 55.8 Å². The van der Waals surface area contributed by atoms with Gasteiger partial charge in [-0.3, -0.25) is 4.79 Å². The van der Waals surface area contributed by atoms with E-state index in [1.54, 1.807) is 5.57 Å². The zero-order valence-electron chi connectivity index (χ0n) is 18.2. The molecule has 1 aliphatic heterocycles. The highest BCUT2D eigenvalue weighted by molar-refractivity contribution is 5.97. The second-order valence-corrected chi connectivity index (χ2v) is 10.7. The van der Waals surface area contributed by atoms with Crippen molar-refractivity contribution in [3.05, 3.63) is 53.6 Å². The van der Waals surface area contributed by atoms with Crippen LogP contribution in [0.3, 0.4) is 0 Å². The first-order valence-corrected chi connectivity index (χ1v) is 11.7. The molecule has 5 unspecified atom stereocenters. The van der Waals surface area contributed by atoms with Crippen LogP contribution in [0.5, 0.6) is 0 Å². The van der Waals surface area contributed by atoms with Gasteiger partial charge >= 0.3 is 0 Å². The highest BCUT2D eigenvalue weighted by Crippen LogP contribution is 2.66. The van der Waals surface area contributed by atoms with Gasteiger partial charge < -0.3 is 9.47 Å². The highest BCUT2D eigenvalue weighted by atomic mass is 16.7. The van der Waals surface area contributed by atoms with E-state index >= 15 is 0 Å². The molecule has 5 aliphatic rings. The van der Waals surface area contributed by atoms with Crippen LogP contribution in [0, 0.1) is 28.6 Å². The number of carbonyl (C=O) groups is 1. The highest BCUT2D eigenvalue weighted by Gasteiger charge is 2.60. The lowest BCUT2D eigenvalue weighted by atomic mass is 9.46. The van der Waals surface area contributed by atoms with Crippen molar-refractivity contribution in [1.82, 2.24) is 0 Å². The van der Waals surface area contributed by atoms with Gasteiger partial charge in [0.25, 0.3) is 0 Å². The molecule has 3 nitrogen and oxygen atoms in total. The lowest BCUT2D eigenvalue weighted by molar-refractivity contribution is -0.184. The van der Waals surface area contributed by atoms with Gasteiger partial charge in [-0.2, -0.15) is 0 Å². The minimum absolute atomic E-state index is 0.162. The first-order chi connectivity index (χ1) is 14.5. The molecule has 0 amide bonds. The molecule has 4 aliphatic carbocycles. The molecule has 3 heteroatoms. The fourth-order valence-electron chi connectivity index (χ4n) is 7.70. The molecular weight excluding hydrogens is 372 g/mol. The van der Waals surface area contributed by atoms with E-state index in [1.165, 1.54) is 11.1 Å². The quantitative estimate of drug-likeness (QED) is 0.614. The van der Waals surface area contributed by atoms with Crippen molar-refractivity contribution >= 4 is 11.4 Å². The second kappa shape index (κ2) is 6.40. The summed E-state index contributed by atoms with van der Waals surface area (Å²) in [6, 6.07) is 10.9. The van der Waals surface area contributed by atoms with Crippen LogP contribution in [-0.2, 0) is 14.3 Å². The Kier molecular flexibility index (Phi) is 4.06. The number of allylic oxidation sites excluding steroid dienone is 3. The Morgan fingerprint density at radius 1 is 0.967 bits per heavy atom. The van der Waals surface area contributed by atoms with Crippen molar-refractivity contribution in [2.24, 2.45) is 28.6 Å². The molecule has 0 aromatic heterocycles. The first-order valence-electron chi connectivity index (χ1n) is 11.7. The molecule has 1 aromatic carbocycles. The van der Waals surface area contributed by atoms with Gasteiger partial charge in [0.15, 0.2) is 11.6 Å². The Hall–Kier alpha value is -1.71. The number of hydrogen-bond acceptors (Lipinski definition) is 3. The average Bonchev–Trinajstić information content (AvgIpc) is 3.34. The van der Waals surface area contributed by atoms with E-state index in [9.17, 15) is 4.79 Å². The second-order valence-electron chi connectivity index (χ2n) is 10.7. The average molecular weight is 405 g/mol. The molecule has 0 bridgehead atoms. The van der Waals surface area contributed by atoms with Crippen LogP contribution in [0.25, 0.3) is 5.57 Å². The molecule has 30 heavy (non-hydrogen) atoms. The van der Waals surface area contributed by atoms with Crippen molar-refractivity contribution in [3.63, 3.8) is 0 Å². The molecule has 1 saturated heterocycles. The van der Waals surface area contributed by atoms with E-state index in [-0.39, 0.29) is 10.8 Å². The van der Waals surface area contributed by atoms with Gasteiger partial charge in [-0.25, -0.2) is 0 Å². The maximum absolute atomic E-state index is 12.8. The number of ether oxygens (including phenoxy) is 2. The number of benzene rings is 1. The summed E-state index contributed by atoms with van der Waals surface area (Å²) >= 11 is 0.